The summed E-state index contributed by atoms with van der Waals surface area (Å²) in [7, 11) is 5.71. The average molecular weight is 419 g/mol. The molecule has 0 aliphatic carbocycles. The Morgan fingerprint density at radius 3 is 1.45 bits per heavy atom. The molecule has 4 aromatic rings. The first-order chi connectivity index (χ1) is 15.1. The fourth-order valence-electron chi connectivity index (χ4n) is 3.57. The van der Waals surface area contributed by atoms with Crippen LogP contribution in [0.3, 0.4) is 0 Å². The van der Waals surface area contributed by atoms with Gasteiger partial charge in [-0.25, -0.2) is 10.2 Å². The molecule has 2 aromatic heterocycles. The van der Waals surface area contributed by atoms with Crippen molar-refractivity contribution in [1.82, 2.24) is 19.4 Å². The van der Waals surface area contributed by atoms with Crippen molar-refractivity contribution in [1.29, 1.82) is 0 Å². The largest absolute Gasteiger partial charge is 0.497 e. The molecule has 8 nitrogen and oxygen atoms in total. The van der Waals surface area contributed by atoms with E-state index in [1.54, 1.807) is 28.4 Å². The molecule has 0 saturated carbocycles. The van der Waals surface area contributed by atoms with Gasteiger partial charge in [-0.15, -0.1) is 0 Å². The minimum atomic E-state index is -0.838. The Hall–Kier alpha value is -3.88. The van der Waals surface area contributed by atoms with Gasteiger partial charge in [0.05, 0.1) is 39.8 Å². The fourth-order valence-corrected chi connectivity index (χ4v) is 3.57. The molecule has 0 spiro atoms. The Bertz CT molecular complexity index is 1100. The highest BCUT2D eigenvalue weighted by Gasteiger charge is 2.11. The molecule has 0 unspecified atom stereocenters. The number of benzene rings is 2. The monoisotopic (exact) mass is 419 g/mol. The van der Waals surface area contributed by atoms with Crippen LogP contribution in [0.15, 0.2) is 60.9 Å². The summed E-state index contributed by atoms with van der Waals surface area (Å²) in [6.07, 6.45) is 3.93. The number of ether oxygens (including phenoxy) is 4. The molecule has 0 amide bonds. The van der Waals surface area contributed by atoms with E-state index in [1.165, 1.54) is 0 Å². The number of aromatic nitrogens is 4. The lowest BCUT2D eigenvalue weighted by Crippen LogP contribution is -2.17. The maximum atomic E-state index is 5.50. The third-order valence-electron chi connectivity index (χ3n) is 5.21. The summed E-state index contributed by atoms with van der Waals surface area (Å²) in [6, 6.07) is 15.4. The Labute approximate surface area is 181 Å². The predicted molar refractivity (Wildman–Crippen MR) is 121 cm³/mol. The van der Waals surface area contributed by atoms with Crippen molar-refractivity contribution >= 4 is 7.55 Å². The molecule has 31 heavy (non-hydrogen) atoms. The molecule has 0 saturated heterocycles. The van der Waals surface area contributed by atoms with E-state index in [-0.39, 0.29) is 0 Å². The molecule has 0 radical (unpaired) electrons. The summed E-state index contributed by atoms with van der Waals surface area (Å²) in [5.41, 5.74) is 3.51. The van der Waals surface area contributed by atoms with Gasteiger partial charge in [0.15, 0.2) is 7.55 Å². The first-order valence-corrected chi connectivity index (χ1v) is 9.93. The van der Waals surface area contributed by atoms with Gasteiger partial charge in [0.25, 0.3) is 0 Å². The van der Waals surface area contributed by atoms with Crippen molar-refractivity contribution in [3.05, 3.63) is 60.9 Å². The van der Waals surface area contributed by atoms with Crippen LogP contribution in [0.25, 0.3) is 22.5 Å². The van der Waals surface area contributed by atoms with Crippen LogP contribution in [0.4, 0.5) is 0 Å². The molecule has 0 aliphatic rings. The van der Waals surface area contributed by atoms with Crippen molar-refractivity contribution in [2.24, 2.45) is 0 Å². The SMILES string of the molecule is COc1ccc(-c2ccn([BH2-]n3ccc(-c4ccc(OC)cc4OC)n3)n2)c(OC)c1. The molecule has 0 N–H and O–H groups in total. The van der Waals surface area contributed by atoms with Crippen LogP contribution in [0, 0.1) is 0 Å². The second-order valence-electron chi connectivity index (χ2n) is 7.08. The molecule has 4 rings (SSSR count). The van der Waals surface area contributed by atoms with E-state index >= 15 is 0 Å². The Morgan fingerprint density at radius 1 is 0.613 bits per heavy atom. The lowest BCUT2D eigenvalue weighted by Gasteiger charge is -2.12. The second-order valence-corrected chi connectivity index (χ2v) is 7.08. The number of hydrogen-bond donors (Lipinski definition) is 0. The van der Waals surface area contributed by atoms with Gasteiger partial charge >= 0.3 is 0 Å². The number of methoxy groups -OCH3 is 4. The van der Waals surface area contributed by atoms with E-state index in [0.717, 1.165) is 45.5 Å². The van der Waals surface area contributed by atoms with Gasteiger partial charge in [-0.05, 0) is 48.8 Å². The number of nitrogens with zero attached hydrogens (tertiary/aromatic N) is 4. The highest BCUT2D eigenvalue weighted by molar-refractivity contribution is 6.30. The van der Waals surface area contributed by atoms with E-state index in [9.17, 15) is 0 Å². The average Bonchev–Trinajstić information content (AvgIpc) is 3.48. The fraction of sp³-hybridized carbons (Fsp3) is 0.182. The first kappa shape index (κ1) is 20.4. The van der Waals surface area contributed by atoms with Crippen molar-refractivity contribution < 1.29 is 18.9 Å². The maximum Gasteiger partial charge on any atom is 0.198 e. The summed E-state index contributed by atoms with van der Waals surface area (Å²) < 4.78 is 25.4. The Balaban J connectivity index is 1.55. The van der Waals surface area contributed by atoms with Gasteiger partial charge in [0, 0.05) is 23.3 Å². The van der Waals surface area contributed by atoms with Gasteiger partial charge in [0.1, 0.15) is 23.0 Å². The van der Waals surface area contributed by atoms with E-state index in [2.05, 4.69) is 0 Å². The Kier molecular flexibility index (Phi) is 5.84. The van der Waals surface area contributed by atoms with Crippen LogP contribution in [0.1, 0.15) is 0 Å². The molecule has 0 fully saturated rings. The van der Waals surface area contributed by atoms with Crippen LogP contribution < -0.4 is 18.9 Å². The van der Waals surface area contributed by atoms with Crippen LogP contribution >= 0.6 is 0 Å². The van der Waals surface area contributed by atoms with Crippen LogP contribution in [0.5, 0.6) is 23.0 Å². The predicted octanol–water partition coefficient (Wildman–Crippen LogP) is 2.84. The molecule has 0 aliphatic heterocycles. The highest BCUT2D eigenvalue weighted by atomic mass is 16.5. The topological polar surface area (TPSA) is 72.6 Å². The summed E-state index contributed by atoms with van der Waals surface area (Å²) in [5, 5.41) is 9.46. The lowest BCUT2D eigenvalue weighted by atomic mass is 10.1. The molecule has 0 bridgehead atoms. The zero-order valence-electron chi connectivity index (χ0n) is 18.2. The molecule has 160 valence electrons. The smallest absolute Gasteiger partial charge is 0.198 e. The van der Waals surface area contributed by atoms with Gasteiger partial charge in [-0.3, -0.25) is 0 Å². The third kappa shape index (κ3) is 4.21. The summed E-state index contributed by atoms with van der Waals surface area (Å²) in [6.45, 7) is 0. The highest BCUT2D eigenvalue weighted by Crippen LogP contribution is 2.33. The second kappa shape index (κ2) is 8.87. The molecular formula is C22H24BN4O4-. The van der Waals surface area contributed by atoms with Crippen molar-refractivity contribution in [3.8, 4) is 45.5 Å². The lowest BCUT2D eigenvalue weighted by molar-refractivity contribution is 0.395. The summed E-state index contributed by atoms with van der Waals surface area (Å²) in [4.78, 5) is 0. The number of rotatable bonds is 8. The van der Waals surface area contributed by atoms with Crippen LogP contribution in [0.2, 0.25) is 0 Å². The van der Waals surface area contributed by atoms with Crippen molar-refractivity contribution in [2.75, 3.05) is 28.4 Å². The molecular weight excluding hydrogens is 395 g/mol. The van der Waals surface area contributed by atoms with Gasteiger partial charge in [0.2, 0.25) is 0 Å². The van der Waals surface area contributed by atoms with Gasteiger partial charge < -0.3 is 28.1 Å². The zero-order valence-corrected chi connectivity index (χ0v) is 18.2. The van der Waals surface area contributed by atoms with Gasteiger partial charge in [-0.2, -0.15) is 0 Å². The molecule has 2 aromatic carbocycles. The standard InChI is InChI=1S/C22H24BN4O4/c1-28-15-5-7-17(21(13-15)30-3)19-9-11-26(24-19)23-27-12-10-20(25-27)18-8-6-16(29-2)14-22(18)31-4/h5-14H,23H2,1-4H3/q-1. The van der Waals surface area contributed by atoms with Gasteiger partial charge in [-0.1, -0.05) is 0 Å². The third-order valence-corrected chi connectivity index (χ3v) is 5.21. The van der Waals surface area contributed by atoms with Crippen molar-refractivity contribution in [2.45, 2.75) is 0 Å². The van der Waals surface area contributed by atoms with E-state index in [1.807, 2.05) is 70.1 Å². The minimum absolute atomic E-state index is 0.720. The van der Waals surface area contributed by atoms with E-state index < -0.39 is 7.55 Å². The summed E-state index contributed by atoms with van der Waals surface area (Å²) >= 11 is 0. The first-order valence-electron chi connectivity index (χ1n) is 9.93. The quantitative estimate of drug-likeness (QED) is 0.409. The normalized spacial score (nSPS) is 10.7. The molecule has 2 heterocycles. The Morgan fingerprint density at radius 2 is 1.06 bits per heavy atom. The minimum Gasteiger partial charge on any atom is -0.497 e. The number of hydrogen-bond acceptors (Lipinski definition) is 6. The molecule has 9 heteroatoms. The van der Waals surface area contributed by atoms with E-state index in [0.29, 0.717) is 0 Å². The summed E-state index contributed by atoms with van der Waals surface area (Å²) in [5.74, 6) is 2.92. The zero-order chi connectivity index (χ0) is 21.8. The molecule has 0 atom stereocenters. The van der Waals surface area contributed by atoms with Crippen LogP contribution in [-0.2, 0) is 0 Å². The van der Waals surface area contributed by atoms with Crippen molar-refractivity contribution in [3.63, 3.8) is 0 Å². The van der Waals surface area contributed by atoms with Crippen LogP contribution in [-0.4, -0.2) is 55.4 Å². The van der Waals surface area contributed by atoms with E-state index in [4.69, 9.17) is 29.1 Å². The maximum absolute atomic E-state index is 5.50.